The van der Waals surface area contributed by atoms with Gasteiger partial charge in [-0.2, -0.15) is 5.10 Å². The highest BCUT2D eigenvalue weighted by atomic mass is 79.9. The van der Waals surface area contributed by atoms with Crippen LogP contribution in [-0.4, -0.2) is 27.7 Å². The molecule has 0 aliphatic heterocycles. The van der Waals surface area contributed by atoms with E-state index in [1.165, 1.54) is 23.9 Å². The average molecular weight is 431 g/mol. The van der Waals surface area contributed by atoms with Gasteiger partial charge in [-0.25, -0.2) is 4.68 Å². The summed E-state index contributed by atoms with van der Waals surface area (Å²) in [6, 6.07) is 11.1. The second-order valence-corrected chi connectivity index (χ2v) is 6.59. The van der Waals surface area contributed by atoms with Gasteiger partial charge in [-0.05, 0) is 42.8 Å². The Hall–Kier alpha value is -3.20. The van der Waals surface area contributed by atoms with Crippen molar-refractivity contribution in [2.24, 2.45) is 0 Å². The lowest BCUT2D eigenvalue weighted by Gasteiger charge is -2.13. The van der Waals surface area contributed by atoms with Gasteiger partial charge in [0, 0.05) is 22.8 Å². The molecular weight excluding hydrogens is 416 g/mol. The van der Waals surface area contributed by atoms with Crippen molar-refractivity contribution in [2.75, 3.05) is 12.4 Å². The summed E-state index contributed by atoms with van der Waals surface area (Å²) in [4.78, 5) is 22.8. The Morgan fingerprint density at radius 1 is 1.26 bits per heavy atom. The summed E-state index contributed by atoms with van der Waals surface area (Å²) < 4.78 is 7.64. The lowest BCUT2D eigenvalue weighted by atomic mass is 10.2. The van der Waals surface area contributed by atoms with E-state index in [1.807, 2.05) is 13.0 Å². The molecule has 0 fully saturated rings. The molecule has 27 heavy (non-hydrogen) atoms. The number of aryl methyl sites for hydroxylation is 1. The Morgan fingerprint density at radius 3 is 2.59 bits per heavy atom. The molecule has 1 aromatic heterocycles. The van der Waals surface area contributed by atoms with Gasteiger partial charge in [-0.1, -0.05) is 15.9 Å². The van der Waals surface area contributed by atoms with Gasteiger partial charge in [0.25, 0.3) is 11.6 Å². The molecule has 0 atom stereocenters. The Balaban J connectivity index is 1.83. The standard InChI is InChI=1S/C18H15BrN4O4/c1-11-9-12(19)10-16(27-2)17(11)20-18(24)15-7-8-22(21-15)13-3-5-14(6-4-13)23(25)26/h3-10H,1-2H3,(H,20,24). The maximum absolute atomic E-state index is 12.6. The van der Waals surface area contributed by atoms with Crippen molar-refractivity contribution in [3.8, 4) is 11.4 Å². The molecule has 0 saturated carbocycles. The fraction of sp³-hybridized carbons (Fsp3) is 0.111. The third-order valence-electron chi connectivity index (χ3n) is 3.87. The van der Waals surface area contributed by atoms with E-state index in [9.17, 15) is 14.9 Å². The second kappa shape index (κ2) is 7.58. The van der Waals surface area contributed by atoms with Gasteiger partial charge in [0.05, 0.1) is 23.4 Å². The summed E-state index contributed by atoms with van der Waals surface area (Å²) in [6.07, 6.45) is 1.61. The molecule has 1 amide bonds. The van der Waals surface area contributed by atoms with E-state index in [4.69, 9.17) is 4.74 Å². The summed E-state index contributed by atoms with van der Waals surface area (Å²) in [5.74, 6) is 0.143. The number of halogens is 1. The quantitative estimate of drug-likeness (QED) is 0.484. The highest BCUT2D eigenvalue weighted by Crippen LogP contribution is 2.32. The van der Waals surface area contributed by atoms with Gasteiger partial charge in [0.2, 0.25) is 0 Å². The SMILES string of the molecule is COc1cc(Br)cc(C)c1NC(=O)c1ccn(-c2ccc([N+](=O)[O-])cc2)n1. The zero-order valence-electron chi connectivity index (χ0n) is 14.5. The molecular formula is C18H15BrN4O4. The molecule has 0 saturated heterocycles. The van der Waals surface area contributed by atoms with Crippen LogP contribution in [0.3, 0.4) is 0 Å². The van der Waals surface area contributed by atoms with Crippen LogP contribution in [0.1, 0.15) is 16.1 Å². The largest absolute Gasteiger partial charge is 0.495 e. The fourth-order valence-corrected chi connectivity index (χ4v) is 3.08. The van der Waals surface area contributed by atoms with Crippen molar-refractivity contribution in [2.45, 2.75) is 6.92 Å². The number of benzene rings is 2. The Morgan fingerprint density at radius 2 is 1.96 bits per heavy atom. The number of aromatic nitrogens is 2. The lowest BCUT2D eigenvalue weighted by Crippen LogP contribution is -2.15. The number of nitro benzene ring substituents is 1. The van der Waals surface area contributed by atoms with E-state index < -0.39 is 4.92 Å². The highest BCUT2D eigenvalue weighted by molar-refractivity contribution is 9.10. The van der Waals surface area contributed by atoms with E-state index in [2.05, 4.69) is 26.3 Å². The topological polar surface area (TPSA) is 99.3 Å². The number of hydrogen-bond acceptors (Lipinski definition) is 5. The number of amides is 1. The summed E-state index contributed by atoms with van der Waals surface area (Å²) in [5, 5.41) is 17.8. The first-order chi connectivity index (χ1) is 12.9. The van der Waals surface area contributed by atoms with Gasteiger partial charge in [0.15, 0.2) is 5.69 Å². The zero-order chi connectivity index (χ0) is 19.6. The van der Waals surface area contributed by atoms with Crippen LogP contribution in [0.15, 0.2) is 53.1 Å². The fourth-order valence-electron chi connectivity index (χ4n) is 2.53. The average Bonchev–Trinajstić information content (AvgIpc) is 3.14. The number of methoxy groups -OCH3 is 1. The molecule has 0 unspecified atom stereocenters. The molecule has 0 aliphatic carbocycles. The first kappa shape index (κ1) is 18.6. The molecule has 0 bridgehead atoms. The van der Waals surface area contributed by atoms with Crippen LogP contribution in [0, 0.1) is 17.0 Å². The number of nitrogens with one attached hydrogen (secondary N) is 1. The lowest BCUT2D eigenvalue weighted by molar-refractivity contribution is -0.384. The van der Waals surface area contributed by atoms with Crippen molar-refractivity contribution in [1.29, 1.82) is 0 Å². The monoisotopic (exact) mass is 430 g/mol. The Labute approximate surface area is 163 Å². The summed E-state index contributed by atoms with van der Waals surface area (Å²) in [6.45, 7) is 1.86. The van der Waals surface area contributed by atoms with Gasteiger partial charge >= 0.3 is 0 Å². The van der Waals surface area contributed by atoms with Crippen LogP contribution in [-0.2, 0) is 0 Å². The van der Waals surface area contributed by atoms with Crippen LogP contribution >= 0.6 is 15.9 Å². The Kier molecular flexibility index (Phi) is 5.22. The van der Waals surface area contributed by atoms with E-state index >= 15 is 0 Å². The van der Waals surface area contributed by atoms with Crippen molar-refractivity contribution in [1.82, 2.24) is 9.78 Å². The van der Waals surface area contributed by atoms with Crippen LogP contribution in [0.4, 0.5) is 11.4 Å². The first-order valence-corrected chi connectivity index (χ1v) is 8.64. The zero-order valence-corrected chi connectivity index (χ0v) is 16.1. The number of non-ortho nitro benzene ring substituents is 1. The molecule has 0 aliphatic rings. The van der Waals surface area contributed by atoms with Gasteiger partial charge < -0.3 is 10.1 Å². The molecule has 2 aromatic carbocycles. The van der Waals surface area contributed by atoms with Crippen molar-refractivity contribution < 1.29 is 14.5 Å². The van der Waals surface area contributed by atoms with Gasteiger partial charge in [-0.3, -0.25) is 14.9 Å². The van der Waals surface area contributed by atoms with Crippen LogP contribution in [0.5, 0.6) is 5.75 Å². The molecule has 0 spiro atoms. The molecule has 8 nitrogen and oxygen atoms in total. The number of hydrogen-bond donors (Lipinski definition) is 1. The number of carbonyl (C=O) groups excluding carboxylic acids is 1. The summed E-state index contributed by atoms with van der Waals surface area (Å²) in [7, 11) is 1.53. The minimum absolute atomic E-state index is 0.0123. The highest BCUT2D eigenvalue weighted by Gasteiger charge is 2.16. The Bertz CT molecular complexity index is 1010. The van der Waals surface area contributed by atoms with Crippen LogP contribution in [0.25, 0.3) is 5.69 Å². The van der Waals surface area contributed by atoms with E-state index in [0.717, 1.165) is 10.0 Å². The molecule has 3 rings (SSSR count). The van der Waals surface area contributed by atoms with Crippen LogP contribution in [0.2, 0.25) is 0 Å². The summed E-state index contributed by atoms with van der Waals surface area (Å²) in [5.41, 5.74) is 2.21. The number of nitro groups is 1. The molecule has 9 heteroatoms. The predicted octanol–water partition coefficient (Wildman–Crippen LogP) is 4.11. The van der Waals surface area contributed by atoms with E-state index in [0.29, 0.717) is 17.1 Å². The van der Waals surface area contributed by atoms with E-state index in [-0.39, 0.29) is 17.3 Å². The molecule has 0 radical (unpaired) electrons. The maximum Gasteiger partial charge on any atom is 0.276 e. The van der Waals surface area contributed by atoms with Crippen molar-refractivity contribution in [3.05, 3.63) is 74.5 Å². The normalized spacial score (nSPS) is 10.5. The summed E-state index contributed by atoms with van der Waals surface area (Å²) >= 11 is 3.39. The number of rotatable bonds is 5. The molecule has 3 aromatic rings. The predicted molar refractivity (Wildman–Crippen MR) is 104 cm³/mol. The number of anilines is 1. The smallest absolute Gasteiger partial charge is 0.276 e. The minimum Gasteiger partial charge on any atom is -0.495 e. The van der Waals surface area contributed by atoms with E-state index in [1.54, 1.807) is 30.5 Å². The number of nitrogens with zero attached hydrogens (tertiary/aromatic N) is 3. The number of ether oxygens (including phenoxy) is 1. The molecule has 1 heterocycles. The molecule has 138 valence electrons. The van der Waals surface area contributed by atoms with Crippen molar-refractivity contribution in [3.63, 3.8) is 0 Å². The third-order valence-corrected chi connectivity index (χ3v) is 4.33. The first-order valence-electron chi connectivity index (χ1n) is 7.85. The van der Waals surface area contributed by atoms with Gasteiger partial charge in [-0.15, -0.1) is 0 Å². The second-order valence-electron chi connectivity index (χ2n) is 5.67. The molecule has 1 N–H and O–H groups in total. The third kappa shape index (κ3) is 3.98. The van der Waals surface area contributed by atoms with Gasteiger partial charge in [0.1, 0.15) is 5.75 Å². The minimum atomic E-state index is -0.473. The maximum atomic E-state index is 12.6. The number of carbonyl (C=O) groups is 1. The van der Waals surface area contributed by atoms with Crippen molar-refractivity contribution >= 4 is 33.2 Å². The van der Waals surface area contributed by atoms with Crippen LogP contribution < -0.4 is 10.1 Å².